The number of carbonyl (C=O) groups excluding carboxylic acids is 1. The van der Waals surface area contributed by atoms with Crippen LogP contribution < -0.4 is 0 Å². The minimum atomic E-state index is -0.321. The first-order valence-corrected chi connectivity index (χ1v) is 6.00. The van der Waals surface area contributed by atoms with Crippen molar-refractivity contribution in [2.45, 2.75) is 53.9 Å². The van der Waals surface area contributed by atoms with E-state index in [2.05, 4.69) is 27.7 Å². The van der Waals surface area contributed by atoms with Crippen molar-refractivity contribution in [1.29, 1.82) is 0 Å². The van der Waals surface area contributed by atoms with Gasteiger partial charge in [0.1, 0.15) is 0 Å². The molecule has 0 saturated heterocycles. The number of hydrogen-bond acceptors (Lipinski definition) is 2. The molecule has 0 radical (unpaired) electrons. The zero-order chi connectivity index (χ0) is 12.1. The van der Waals surface area contributed by atoms with Crippen LogP contribution in [0.15, 0.2) is 0 Å². The lowest BCUT2D eigenvalue weighted by Crippen LogP contribution is -2.37. The number of rotatable bonds is 6. The molecule has 0 aliphatic rings. The molecule has 0 bridgehead atoms. The molecule has 0 fully saturated rings. The van der Waals surface area contributed by atoms with Crippen molar-refractivity contribution < 1.29 is 9.53 Å². The van der Waals surface area contributed by atoms with Crippen molar-refractivity contribution in [3.05, 3.63) is 0 Å². The van der Waals surface area contributed by atoms with E-state index in [9.17, 15) is 4.79 Å². The lowest BCUT2D eigenvalue weighted by Gasteiger charge is -2.34. The summed E-state index contributed by atoms with van der Waals surface area (Å²) < 4.78 is 4.94. The Labute approximate surface area is 94.4 Å². The van der Waals surface area contributed by atoms with Crippen LogP contribution in [0.2, 0.25) is 0 Å². The highest BCUT2D eigenvalue weighted by Gasteiger charge is 2.39. The van der Waals surface area contributed by atoms with Gasteiger partial charge < -0.3 is 4.74 Å². The van der Waals surface area contributed by atoms with Crippen LogP contribution >= 0.6 is 0 Å². The van der Waals surface area contributed by atoms with E-state index in [-0.39, 0.29) is 11.4 Å². The van der Waals surface area contributed by atoms with Gasteiger partial charge in [0.05, 0.1) is 12.5 Å². The second kappa shape index (κ2) is 6.14. The molecule has 0 N–H and O–H groups in total. The fourth-order valence-corrected chi connectivity index (χ4v) is 2.04. The van der Waals surface area contributed by atoms with E-state index in [4.69, 9.17) is 4.74 Å². The van der Waals surface area contributed by atoms with Crippen LogP contribution in [0.3, 0.4) is 0 Å². The predicted molar refractivity (Wildman–Crippen MR) is 63.7 cm³/mol. The number of carbonyl (C=O) groups is 1. The Kier molecular flexibility index (Phi) is 5.92. The van der Waals surface area contributed by atoms with Crippen molar-refractivity contribution in [3.8, 4) is 0 Å². The van der Waals surface area contributed by atoms with Crippen LogP contribution in [0.5, 0.6) is 0 Å². The Balaban J connectivity index is 4.77. The van der Waals surface area contributed by atoms with Crippen LogP contribution in [0, 0.1) is 17.3 Å². The second-order valence-electron chi connectivity index (χ2n) is 4.94. The molecule has 2 nitrogen and oxygen atoms in total. The number of hydrogen-bond donors (Lipinski definition) is 0. The standard InChI is InChI=1S/C13H26O2/c1-7-10(3)9-13(5,11(4)8-2)12(14)15-6/h10-11H,7-9H2,1-6H3. The average Bonchev–Trinajstić information content (AvgIpc) is 2.25. The van der Waals surface area contributed by atoms with Gasteiger partial charge in [-0.25, -0.2) is 0 Å². The van der Waals surface area contributed by atoms with Crippen LogP contribution in [-0.2, 0) is 9.53 Å². The first kappa shape index (κ1) is 14.5. The second-order valence-corrected chi connectivity index (χ2v) is 4.94. The lowest BCUT2D eigenvalue weighted by molar-refractivity contribution is -0.156. The summed E-state index contributed by atoms with van der Waals surface area (Å²) >= 11 is 0. The van der Waals surface area contributed by atoms with Gasteiger partial charge in [-0.2, -0.15) is 0 Å². The highest BCUT2D eigenvalue weighted by atomic mass is 16.5. The quantitative estimate of drug-likeness (QED) is 0.631. The Morgan fingerprint density at radius 3 is 2.13 bits per heavy atom. The van der Waals surface area contributed by atoms with Crippen molar-refractivity contribution in [2.24, 2.45) is 17.3 Å². The average molecular weight is 214 g/mol. The maximum Gasteiger partial charge on any atom is 0.311 e. The van der Waals surface area contributed by atoms with Crippen LogP contribution in [0.1, 0.15) is 53.9 Å². The van der Waals surface area contributed by atoms with Crippen molar-refractivity contribution in [3.63, 3.8) is 0 Å². The molecule has 2 heteroatoms. The first-order valence-electron chi connectivity index (χ1n) is 6.00. The summed E-state index contributed by atoms with van der Waals surface area (Å²) in [5.41, 5.74) is -0.321. The minimum Gasteiger partial charge on any atom is -0.469 e. The summed E-state index contributed by atoms with van der Waals surface area (Å²) in [5, 5.41) is 0. The lowest BCUT2D eigenvalue weighted by atomic mass is 9.71. The smallest absolute Gasteiger partial charge is 0.311 e. The monoisotopic (exact) mass is 214 g/mol. The Bertz CT molecular complexity index is 201. The molecule has 0 rings (SSSR count). The zero-order valence-electron chi connectivity index (χ0n) is 11.1. The fourth-order valence-electron chi connectivity index (χ4n) is 2.04. The summed E-state index contributed by atoms with van der Waals surface area (Å²) in [4.78, 5) is 11.9. The van der Waals surface area contributed by atoms with Gasteiger partial charge in [0.15, 0.2) is 0 Å². The molecule has 90 valence electrons. The summed E-state index contributed by atoms with van der Waals surface area (Å²) in [6.45, 7) is 10.7. The molecule has 0 spiro atoms. The summed E-state index contributed by atoms with van der Waals surface area (Å²) in [7, 11) is 1.49. The van der Waals surface area contributed by atoms with Crippen molar-refractivity contribution in [2.75, 3.05) is 7.11 Å². The van der Waals surface area contributed by atoms with Gasteiger partial charge in [0, 0.05) is 0 Å². The molecule has 0 saturated carbocycles. The molecule has 0 aromatic rings. The molecule has 0 aromatic heterocycles. The summed E-state index contributed by atoms with van der Waals surface area (Å²) in [5.74, 6) is 0.888. The van der Waals surface area contributed by atoms with Gasteiger partial charge >= 0.3 is 5.97 Å². The molecule has 15 heavy (non-hydrogen) atoms. The van der Waals surface area contributed by atoms with E-state index in [1.165, 1.54) is 7.11 Å². The first-order chi connectivity index (χ1) is 6.92. The predicted octanol–water partition coefficient (Wildman–Crippen LogP) is 3.65. The molecular weight excluding hydrogens is 188 g/mol. The topological polar surface area (TPSA) is 26.3 Å². The van der Waals surface area contributed by atoms with Gasteiger partial charge in [-0.3, -0.25) is 4.79 Å². The largest absolute Gasteiger partial charge is 0.469 e. The van der Waals surface area contributed by atoms with E-state index in [0.717, 1.165) is 19.3 Å². The Morgan fingerprint density at radius 1 is 1.27 bits per heavy atom. The fraction of sp³-hybridized carbons (Fsp3) is 0.923. The number of esters is 1. The van der Waals surface area contributed by atoms with Crippen molar-refractivity contribution >= 4 is 5.97 Å². The third-order valence-corrected chi connectivity index (χ3v) is 3.82. The van der Waals surface area contributed by atoms with E-state index >= 15 is 0 Å². The third-order valence-electron chi connectivity index (χ3n) is 3.82. The van der Waals surface area contributed by atoms with Gasteiger partial charge in [0.2, 0.25) is 0 Å². The molecule has 0 heterocycles. The Morgan fingerprint density at radius 2 is 1.80 bits per heavy atom. The molecule has 0 aliphatic heterocycles. The van der Waals surface area contributed by atoms with E-state index in [1.54, 1.807) is 0 Å². The van der Waals surface area contributed by atoms with E-state index in [0.29, 0.717) is 11.8 Å². The summed E-state index contributed by atoms with van der Waals surface area (Å²) in [6, 6.07) is 0. The molecule has 3 atom stereocenters. The SMILES string of the molecule is CCC(C)CC(C)(C(=O)OC)C(C)CC. The van der Waals surface area contributed by atoms with Crippen LogP contribution in [0.4, 0.5) is 0 Å². The third kappa shape index (κ3) is 3.51. The zero-order valence-corrected chi connectivity index (χ0v) is 11.1. The van der Waals surface area contributed by atoms with E-state index < -0.39 is 0 Å². The molecule has 3 unspecified atom stereocenters. The van der Waals surface area contributed by atoms with Gasteiger partial charge in [-0.05, 0) is 25.2 Å². The maximum absolute atomic E-state index is 11.9. The Hall–Kier alpha value is -0.530. The van der Waals surface area contributed by atoms with Gasteiger partial charge in [0.25, 0.3) is 0 Å². The highest BCUT2D eigenvalue weighted by molar-refractivity contribution is 5.76. The minimum absolute atomic E-state index is 0.0582. The maximum atomic E-state index is 11.9. The summed E-state index contributed by atoms with van der Waals surface area (Å²) in [6.07, 6.45) is 3.05. The van der Waals surface area contributed by atoms with Crippen molar-refractivity contribution in [1.82, 2.24) is 0 Å². The van der Waals surface area contributed by atoms with E-state index in [1.807, 2.05) is 6.92 Å². The molecular formula is C13H26O2. The molecule has 0 aromatic carbocycles. The van der Waals surface area contributed by atoms with Crippen LogP contribution in [0.25, 0.3) is 0 Å². The number of methoxy groups -OCH3 is 1. The molecule has 0 amide bonds. The number of ether oxygens (including phenoxy) is 1. The van der Waals surface area contributed by atoms with Gasteiger partial charge in [-0.1, -0.05) is 40.5 Å². The van der Waals surface area contributed by atoms with Gasteiger partial charge in [-0.15, -0.1) is 0 Å². The normalized spacial score (nSPS) is 19.1. The van der Waals surface area contributed by atoms with Crippen LogP contribution in [-0.4, -0.2) is 13.1 Å². The highest BCUT2D eigenvalue weighted by Crippen LogP contribution is 2.38. The molecule has 0 aliphatic carbocycles.